The van der Waals surface area contributed by atoms with Crippen LogP contribution in [-0.2, 0) is 6.54 Å². The average Bonchev–Trinajstić information content (AvgIpc) is 2.97. The van der Waals surface area contributed by atoms with E-state index in [1.807, 2.05) is 6.07 Å². The van der Waals surface area contributed by atoms with Crippen LogP contribution in [0.2, 0.25) is 0 Å². The van der Waals surface area contributed by atoms with Gasteiger partial charge in [-0.05, 0) is 45.1 Å². The Bertz CT molecular complexity index is 356. The molecule has 2 rings (SSSR count). The van der Waals surface area contributed by atoms with E-state index in [0.29, 0.717) is 5.76 Å². The maximum Gasteiger partial charge on any atom is 0.185 e. The Hall–Kier alpha value is -1.13. The first-order valence-electron chi connectivity index (χ1n) is 6.23. The van der Waals surface area contributed by atoms with Crippen LogP contribution in [0, 0.1) is 0 Å². The van der Waals surface area contributed by atoms with Crippen molar-refractivity contribution in [3.63, 3.8) is 0 Å². The number of carbonyl (C=O) groups is 1. The molecule has 0 saturated carbocycles. The van der Waals surface area contributed by atoms with E-state index in [0.717, 1.165) is 31.7 Å². The molecule has 17 heavy (non-hydrogen) atoms. The molecule has 0 aromatic carbocycles. The normalized spacial score (nSPS) is 16.8. The summed E-state index contributed by atoms with van der Waals surface area (Å²) >= 11 is 0. The molecule has 0 N–H and O–H groups in total. The van der Waals surface area contributed by atoms with Crippen LogP contribution in [0.3, 0.4) is 0 Å². The summed E-state index contributed by atoms with van der Waals surface area (Å²) in [5.41, 5.74) is 0. The van der Waals surface area contributed by atoms with Crippen LogP contribution < -0.4 is 0 Å². The lowest BCUT2D eigenvalue weighted by atomic mass is 10.4. The van der Waals surface area contributed by atoms with Gasteiger partial charge in [0.25, 0.3) is 0 Å². The van der Waals surface area contributed by atoms with Crippen molar-refractivity contribution < 1.29 is 9.21 Å². The van der Waals surface area contributed by atoms with Crippen LogP contribution in [0.15, 0.2) is 16.5 Å². The number of carbonyl (C=O) groups excluding carboxylic acids is 1. The van der Waals surface area contributed by atoms with Crippen molar-refractivity contribution in [2.75, 3.05) is 33.2 Å². The van der Waals surface area contributed by atoms with Gasteiger partial charge in [-0.1, -0.05) is 0 Å². The number of furan rings is 1. The fourth-order valence-corrected chi connectivity index (χ4v) is 2.21. The number of rotatable bonds is 6. The van der Waals surface area contributed by atoms with Gasteiger partial charge in [0.05, 0.1) is 6.54 Å². The molecule has 94 valence electrons. The summed E-state index contributed by atoms with van der Waals surface area (Å²) in [6.45, 7) is 5.41. The molecule has 1 aromatic rings. The number of hydrogen-bond acceptors (Lipinski definition) is 4. The van der Waals surface area contributed by atoms with Gasteiger partial charge in [0.2, 0.25) is 0 Å². The highest BCUT2D eigenvalue weighted by molar-refractivity contribution is 5.70. The van der Waals surface area contributed by atoms with Crippen LogP contribution in [0.5, 0.6) is 0 Å². The van der Waals surface area contributed by atoms with E-state index < -0.39 is 0 Å². The predicted octanol–water partition coefficient (Wildman–Crippen LogP) is 1.62. The van der Waals surface area contributed by atoms with Gasteiger partial charge in [-0.25, -0.2) is 0 Å². The first kappa shape index (κ1) is 12.3. The predicted molar refractivity (Wildman–Crippen MR) is 66.1 cm³/mol. The Morgan fingerprint density at radius 3 is 2.82 bits per heavy atom. The summed E-state index contributed by atoms with van der Waals surface area (Å²) in [6, 6.07) is 3.59. The molecule has 0 radical (unpaired) electrons. The van der Waals surface area contributed by atoms with Gasteiger partial charge in [0, 0.05) is 13.1 Å². The largest absolute Gasteiger partial charge is 0.457 e. The highest BCUT2D eigenvalue weighted by atomic mass is 16.3. The van der Waals surface area contributed by atoms with Crippen molar-refractivity contribution in [3.8, 4) is 0 Å². The molecule has 0 bridgehead atoms. The molecule has 1 saturated heterocycles. The van der Waals surface area contributed by atoms with E-state index in [-0.39, 0.29) is 0 Å². The zero-order chi connectivity index (χ0) is 12.1. The summed E-state index contributed by atoms with van der Waals surface area (Å²) < 4.78 is 5.35. The van der Waals surface area contributed by atoms with Gasteiger partial charge in [-0.15, -0.1) is 0 Å². The summed E-state index contributed by atoms with van der Waals surface area (Å²) in [7, 11) is 2.08. The van der Waals surface area contributed by atoms with E-state index >= 15 is 0 Å². The molecule has 1 aliphatic heterocycles. The lowest BCUT2D eigenvalue weighted by molar-refractivity contribution is 0.109. The number of likely N-dealkylation sites (tertiary alicyclic amines) is 1. The average molecular weight is 236 g/mol. The first-order chi connectivity index (χ1) is 8.28. The second-order valence-electron chi connectivity index (χ2n) is 4.71. The van der Waals surface area contributed by atoms with Crippen LogP contribution in [0.4, 0.5) is 0 Å². The minimum atomic E-state index is 0.410. The fourth-order valence-electron chi connectivity index (χ4n) is 2.21. The molecule has 1 fully saturated rings. The van der Waals surface area contributed by atoms with E-state index in [1.54, 1.807) is 6.07 Å². The lowest BCUT2D eigenvalue weighted by Gasteiger charge is -2.20. The molecule has 0 aliphatic carbocycles. The Labute approximate surface area is 102 Å². The number of likely N-dealkylation sites (N-methyl/N-ethyl adjacent to an activating group) is 1. The smallest absolute Gasteiger partial charge is 0.185 e. The topological polar surface area (TPSA) is 36.7 Å². The first-order valence-corrected chi connectivity index (χ1v) is 6.23. The molecular weight excluding hydrogens is 216 g/mol. The second-order valence-corrected chi connectivity index (χ2v) is 4.71. The van der Waals surface area contributed by atoms with Crippen LogP contribution in [0.1, 0.15) is 29.2 Å². The van der Waals surface area contributed by atoms with Gasteiger partial charge >= 0.3 is 0 Å². The second kappa shape index (κ2) is 5.98. The Morgan fingerprint density at radius 2 is 2.18 bits per heavy atom. The van der Waals surface area contributed by atoms with E-state index in [2.05, 4.69) is 16.8 Å². The third-order valence-corrected chi connectivity index (χ3v) is 3.22. The molecule has 4 heteroatoms. The number of aldehydes is 1. The highest BCUT2D eigenvalue weighted by Gasteiger charge is 2.12. The molecule has 4 nitrogen and oxygen atoms in total. The zero-order valence-electron chi connectivity index (χ0n) is 10.4. The van der Waals surface area contributed by atoms with E-state index in [4.69, 9.17) is 4.42 Å². The third kappa shape index (κ3) is 3.68. The van der Waals surface area contributed by atoms with Crippen molar-refractivity contribution >= 4 is 6.29 Å². The molecule has 2 heterocycles. The Kier molecular flexibility index (Phi) is 4.34. The molecule has 0 spiro atoms. The molecular formula is C13H20N2O2. The molecule has 0 unspecified atom stereocenters. The van der Waals surface area contributed by atoms with E-state index in [1.165, 1.54) is 25.9 Å². The summed E-state index contributed by atoms with van der Waals surface area (Å²) in [5, 5.41) is 0. The highest BCUT2D eigenvalue weighted by Crippen LogP contribution is 2.09. The quantitative estimate of drug-likeness (QED) is 0.703. The van der Waals surface area contributed by atoms with Crippen molar-refractivity contribution in [2.24, 2.45) is 0 Å². The molecule has 0 atom stereocenters. The van der Waals surface area contributed by atoms with Gasteiger partial charge in [-0.3, -0.25) is 9.69 Å². The monoisotopic (exact) mass is 236 g/mol. The minimum absolute atomic E-state index is 0.410. The van der Waals surface area contributed by atoms with Crippen molar-refractivity contribution in [3.05, 3.63) is 23.7 Å². The van der Waals surface area contributed by atoms with Crippen LogP contribution in [-0.4, -0.2) is 49.3 Å². The lowest BCUT2D eigenvalue weighted by Crippen LogP contribution is -2.31. The van der Waals surface area contributed by atoms with Crippen molar-refractivity contribution in [2.45, 2.75) is 19.4 Å². The minimum Gasteiger partial charge on any atom is -0.457 e. The van der Waals surface area contributed by atoms with Crippen LogP contribution >= 0.6 is 0 Å². The van der Waals surface area contributed by atoms with Gasteiger partial charge < -0.3 is 9.32 Å². The molecule has 0 amide bonds. The van der Waals surface area contributed by atoms with Crippen molar-refractivity contribution in [1.82, 2.24) is 9.80 Å². The molecule has 1 aromatic heterocycles. The van der Waals surface area contributed by atoms with Crippen molar-refractivity contribution in [1.29, 1.82) is 0 Å². The van der Waals surface area contributed by atoms with Crippen LogP contribution in [0.25, 0.3) is 0 Å². The number of nitrogens with zero attached hydrogens (tertiary/aromatic N) is 2. The summed E-state index contributed by atoms with van der Waals surface area (Å²) in [5.74, 6) is 1.27. The maximum atomic E-state index is 10.5. The SMILES string of the molecule is CN(CCN1CCCC1)Cc1ccc(C=O)o1. The third-order valence-electron chi connectivity index (χ3n) is 3.22. The molecule has 1 aliphatic rings. The fraction of sp³-hybridized carbons (Fsp3) is 0.615. The summed E-state index contributed by atoms with van der Waals surface area (Å²) in [4.78, 5) is 15.2. The zero-order valence-corrected chi connectivity index (χ0v) is 10.4. The van der Waals surface area contributed by atoms with Gasteiger partial charge in [0.15, 0.2) is 12.0 Å². The Balaban J connectivity index is 1.72. The van der Waals surface area contributed by atoms with E-state index in [9.17, 15) is 4.79 Å². The standard InChI is InChI=1S/C13H20N2O2/c1-14(8-9-15-6-2-3-7-15)10-12-4-5-13(11-16)17-12/h4-5,11H,2-3,6-10H2,1H3. The van der Waals surface area contributed by atoms with Gasteiger partial charge in [-0.2, -0.15) is 0 Å². The maximum absolute atomic E-state index is 10.5. The van der Waals surface area contributed by atoms with Gasteiger partial charge in [0.1, 0.15) is 5.76 Å². The summed E-state index contributed by atoms with van der Waals surface area (Å²) in [6.07, 6.45) is 3.42. The Morgan fingerprint density at radius 1 is 1.41 bits per heavy atom. The number of hydrogen-bond donors (Lipinski definition) is 0.